The number of nitrogens with zero attached hydrogens (tertiary/aromatic N) is 1. The Hall–Kier alpha value is -2.14. The number of aromatic nitrogens is 1. The highest BCUT2D eigenvalue weighted by molar-refractivity contribution is 5.98. The number of carbonyl (C=O) groups excluding carboxylic acids is 1. The molecule has 0 unspecified atom stereocenters. The zero-order valence-corrected chi connectivity index (χ0v) is 12.9. The van der Waals surface area contributed by atoms with Gasteiger partial charge in [0.1, 0.15) is 5.75 Å². The molecule has 1 saturated heterocycles. The van der Waals surface area contributed by atoms with Gasteiger partial charge < -0.3 is 14.8 Å². The highest BCUT2D eigenvalue weighted by Crippen LogP contribution is 2.21. The molecule has 0 radical (unpaired) electrons. The van der Waals surface area contributed by atoms with Crippen LogP contribution in [0.4, 0.5) is 0 Å². The topological polar surface area (TPSA) is 60.5 Å². The van der Waals surface area contributed by atoms with Crippen molar-refractivity contribution in [3.05, 3.63) is 35.5 Å². The van der Waals surface area contributed by atoms with E-state index in [2.05, 4.69) is 10.3 Å². The number of nitrogens with one attached hydrogen (secondary N) is 1. The second kappa shape index (κ2) is 6.32. The summed E-state index contributed by atoms with van der Waals surface area (Å²) in [5.41, 5.74) is 2.15. The summed E-state index contributed by atoms with van der Waals surface area (Å²) in [6.45, 7) is 3.19. The van der Waals surface area contributed by atoms with Gasteiger partial charge in [-0.25, -0.2) is 0 Å². The maximum atomic E-state index is 12.4. The van der Waals surface area contributed by atoms with Crippen molar-refractivity contribution in [3.63, 3.8) is 0 Å². The summed E-state index contributed by atoms with van der Waals surface area (Å²) in [6.07, 6.45) is 2.22. The fourth-order valence-electron chi connectivity index (χ4n) is 2.71. The molecule has 1 fully saturated rings. The molecule has 0 aliphatic carbocycles. The molecule has 116 valence electrons. The van der Waals surface area contributed by atoms with Crippen molar-refractivity contribution in [2.45, 2.75) is 25.9 Å². The van der Waals surface area contributed by atoms with Crippen LogP contribution >= 0.6 is 0 Å². The Morgan fingerprint density at radius 2 is 2.32 bits per heavy atom. The molecule has 3 rings (SSSR count). The van der Waals surface area contributed by atoms with E-state index in [1.807, 2.05) is 31.2 Å². The fraction of sp³-hybridized carbons (Fsp3) is 0.412. The molecule has 1 aliphatic rings. The quantitative estimate of drug-likeness (QED) is 0.942. The molecule has 5 heteroatoms. The van der Waals surface area contributed by atoms with Crippen molar-refractivity contribution in [3.8, 4) is 5.75 Å². The van der Waals surface area contributed by atoms with E-state index in [0.29, 0.717) is 17.8 Å². The molecule has 1 aromatic carbocycles. The van der Waals surface area contributed by atoms with Gasteiger partial charge in [-0.3, -0.25) is 9.78 Å². The average Bonchev–Trinajstić information content (AvgIpc) is 3.04. The summed E-state index contributed by atoms with van der Waals surface area (Å²) >= 11 is 0. The van der Waals surface area contributed by atoms with Crippen molar-refractivity contribution in [2.24, 2.45) is 0 Å². The maximum Gasteiger partial charge on any atom is 0.253 e. The minimum Gasteiger partial charge on any atom is -0.497 e. The Bertz CT molecular complexity index is 694. The first-order chi connectivity index (χ1) is 10.7. The Morgan fingerprint density at radius 3 is 3.05 bits per heavy atom. The van der Waals surface area contributed by atoms with E-state index in [1.165, 1.54) is 0 Å². The van der Waals surface area contributed by atoms with Crippen molar-refractivity contribution in [1.29, 1.82) is 0 Å². The van der Waals surface area contributed by atoms with E-state index < -0.39 is 0 Å². The van der Waals surface area contributed by atoms with Gasteiger partial charge >= 0.3 is 0 Å². The number of pyridine rings is 1. The van der Waals surface area contributed by atoms with Crippen molar-refractivity contribution < 1.29 is 14.3 Å². The van der Waals surface area contributed by atoms with Gasteiger partial charge in [0.05, 0.1) is 30.0 Å². The smallest absolute Gasteiger partial charge is 0.253 e. The highest BCUT2D eigenvalue weighted by atomic mass is 16.5. The molecule has 22 heavy (non-hydrogen) atoms. The Balaban J connectivity index is 1.80. The third kappa shape index (κ3) is 3.04. The summed E-state index contributed by atoms with van der Waals surface area (Å²) < 4.78 is 10.7. The summed E-state index contributed by atoms with van der Waals surface area (Å²) in [7, 11) is 1.63. The van der Waals surface area contributed by atoms with Crippen molar-refractivity contribution >= 4 is 16.8 Å². The number of hydrogen-bond donors (Lipinski definition) is 1. The predicted octanol–water partition coefficient (Wildman–Crippen LogP) is 2.46. The zero-order chi connectivity index (χ0) is 15.5. The minimum atomic E-state index is -0.0989. The third-order valence-corrected chi connectivity index (χ3v) is 3.97. The molecule has 1 aliphatic heterocycles. The molecule has 2 aromatic rings. The first kappa shape index (κ1) is 14.8. The van der Waals surface area contributed by atoms with Crippen LogP contribution in [0.1, 0.15) is 28.9 Å². The Labute approximate surface area is 129 Å². The molecular weight excluding hydrogens is 280 g/mol. The second-order valence-electron chi connectivity index (χ2n) is 5.53. The molecule has 0 spiro atoms. The molecule has 1 N–H and O–H groups in total. The van der Waals surface area contributed by atoms with Crippen LogP contribution in [0.2, 0.25) is 0 Å². The zero-order valence-electron chi connectivity index (χ0n) is 12.9. The highest BCUT2D eigenvalue weighted by Gasteiger charge is 2.18. The number of fused-ring (bicyclic) bond motifs is 1. The lowest BCUT2D eigenvalue weighted by Gasteiger charge is -2.12. The van der Waals surface area contributed by atoms with Gasteiger partial charge in [0.2, 0.25) is 0 Å². The van der Waals surface area contributed by atoms with Crippen molar-refractivity contribution in [2.75, 3.05) is 20.3 Å². The van der Waals surface area contributed by atoms with Crippen LogP contribution in [-0.2, 0) is 4.74 Å². The molecule has 0 bridgehead atoms. The van der Waals surface area contributed by atoms with Crippen LogP contribution in [0, 0.1) is 6.92 Å². The lowest BCUT2D eigenvalue weighted by atomic mass is 10.1. The first-order valence-corrected chi connectivity index (χ1v) is 7.52. The molecule has 5 nitrogen and oxygen atoms in total. The lowest BCUT2D eigenvalue weighted by Crippen LogP contribution is -2.32. The number of hydrogen-bond acceptors (Lipinski definition) is 4. The van der Waals surface area contributed by atoms with Gasteiger partial charge in [0, 0.05) is 24.6 Å². The van der Waals surface area contributed by atoms with Crippen molar-refractivity contribution in [1.82, 2.24) is 10.3 Å². The summed E-state index contributed by atoms with van der Waals surface area (Å²) in [4.78, 5) is 16.9. The standard InChI is InChI=1S/C17H20N2O3/c1-11-15(17(20)18-10-14-4-3-7-22-14)8-12-5-6-13(21-2)9-16(12)19-11/h5-6,8-9,14H,3-4,7,10H2,1-2H3,(H,18,20)/t14-/m1/s1. The van der Waals surface area contributed by atoms with E-state index in [0.717, 1.165) is 36.1 Å². The maximum absolute atomic E-state index is 12.4. The van der Waals surface area contributed by atoms with Gasteiger partial charge in [0.25, 0.3) is 5.91 Å². The second-order valence-corrected chi connectivity index (χ2v) is 5.53. The summed E-state index contributed by atoms with van der Waals surface area (Å²) in [5.74, 6) is 0.660. The van der Waals surface area contributed by atoms with Crippen LogP contribution in [0.5, 0.6) is 5.75 Å². The monoisotopic (exact) mass is 300 g/mol. The number of carbonyl (C=O) groups is 1. The first-order valence-electron chi connectivity index (χ1n) is 7.52. The van der Waals surface area contributed by atoms with Crippen LogP contribution < -0.4 is 10.1 Å². The molecule has 1 amide bonds. The molecule has 1 aromatic heterocycles. The SMILES string of the molecule is COc1ccc2cc(C(=O)NC[C@H]3CCCO3)c(C)nc2c1. The van der Waals surface area contributed by atoms with E-state index in [1.54, 1.807) is 7.11 Å². The van der Waals surface area contributed by atoms with Gasteiger partial charge in [-0.2, -0.15) is 0 Å². The predicted molar refractivity (Wildman–Crippen MR) is 84.3 cm³/mol. The average molecular weight is 300 g/mol. The van der Waals surface area contributed by atoms with Crippen LogP contribution in [-0.4, -0.2) is 37.3 Å². The number of rotatable bonds is 4. The van der Waals surface area contributed by atoms with Gasteiger partial charge in [-0.15, -0.1) is 0 Å². The Kier molecular flexibility index (Phi) is 4.24. The van der Waals surface area contributed by atoms with Crippen LogP contribution in [0.3, 0.4) is 0 Å². The number of methoxy groups -OCH3 is 1. The molecule has 2 heterocycles. The minimum absolute atomic E-state index is 0.0989. The Morgan fingerprint density at radius 1 is 1.45 bits per heavy atom. The van der Waals surface area contributed by atoms with E-state index in [4.69, 9.17) is 9.47 Å². The summed E-state index contributed by atoms with van der Waals surface area (Å²) in [5, 5.41) is 3.87. The number of aryl methyl sites for hydroxylation is 1. The molecular formula is C17H20N2O3. The lowest BCUT2D eigenvalue weighted by molar-refractivity contribution is 0.0857. The largest absolute Gasteiger partial charge is 0.497 e. The van der Waals surface area contributed by atoms with Crippen LogP contribution in [0.15, 0.2) is 24.3 Å². The summed E-state index contributed by atoms with van der Waals surface area (Å²) in [6, 6.07) is 7.53. The van der Waals surface area contributed by atoms with E-state index in [-0.39, 0.29) is 12.0 Å². The number of benzene rings is 1. The van der Waals surface area contributed by atoms with E-state index in [9.17, 15) is 4.79 Å². The number of amides is 1. The number of ether oxygens (including phenoxy) is 2. The normalized spacial score (nSPS) is 17.6. The van der Waals surface area contributed by atoms with Crippen LogP contribution in [0.25, 0.3) is 10.9 Å². The van der Waals surface area contributed by atoms with E-state index >= 15 is 0 Å². The molecule has 0 saturated carbocycles. The molecule has 1 atom stereocenters. The van der Waals surface area contributed by atoms with Gasteiger partial charge in [0.15, 0.2) is 0 Å². The van der Waals surface area contributed by atoms with Gasteiger partial charge in [-0.05, 0) is 38.0 Å². The fourth-order valence-corrected chi connectivity index (χ4v) is 2.71. The van der Waals surface area contributed by atoms with Gasteiger partial charge in [-0.1, -0.05) is 0 Å². The third-order valence-electron chi connectivity index (χ3n) is 3.97.